The number of nitrogens with one attached hydrogen (secondary N) is 1. The van der Waals surface area contributed by atoms with Crippen molar-refractivity contribution in [3.63, 3.8) is 0 Å². The molecule has 0 spiro atoms. The fourth-order valence-electron chi connectivity index (χ4n) is 2.17. The highest BCUT2D eigenvalue weighted by atomic mass is 79.9. The molecule has 1 atom stereocenters. The second-order valence-electron chi connectivity index (χ2n) is 5.07. The minimum Gasteiger partial charge on any atom is -0.493 e. The average Bonchev–Trinajstić information content (AvgIpc) is 2.95. The number of ether oxygens (including phenoxy) is 2. The summed E-state index contributed by atoms with van der Waals surface area (Å²) < 4.78 is 17.0. The Morgan fingerprint density at radius 2 is 2.13 bits per heavy atom. The molecule has 0 saturated heterocycles. The molecule has 124 valence electrons. The summed E-state index contributed by atoms with van der Waals surface area (Å²) in [6.07, 6.45) is 0. The van der Waals surface area contributed by atoms with Crippen molar-refractivity contribution < 1.29 is 18.7 Å². The molecule has 2 aromatic rings. The Kier molecular flexibility index (Phi) is 5.71. The van der Waals surface area contributed by atoms with Gasteiger partial charge in [0.05, 0.1) is 24.2 Å². The minimum atomic E-state index is -0.229. The molecule has 1 aromatic carbocycles. The van der Waals surface area contributed by atoms with Crippen molar-refractivity contribution in [2.75, 3.05) is 13.7 Å². The van der Waals surface area contributed by atoms with E-state index in [-0.39, 0.29) is 11.9 Å². The van der Waals surface area contributed by atoms with Crippen molar-refractivity contribution in [1.82, 2.24) is 5.32 Å². The van der Waals surface area contributed by atoms with Crippen LogP contribution in [0, 0.1) is 6.92 Å². The van der Waals surface area contributed by atoms with Gasteiger partial charge in [-0.2, -0.15) is 0 Å². The minimum absolute atomic E-state index is 0.214. The van der Waals surface area contributed by atoms with E-state index >= 15 is 0 Å². The summed E-state index contributed by atoms with van der Waals surface area (Å²) in [5.41, 5.74) is 0.479. The molecule has 5 nitrogen and oxygen atoms in total. The number of carbonyl (C=O) groups is 1. The van der Waals surface area contributed by atoms with Crippen LogP contribution >= 0.6 is 15.9 Å². The molecule has 0 bridgehead atoms. The number of hydrogen-bond acceptors (Lipinski definition) is 4. The van der Waals surface area contributed by atoms with Crippen LogP contribution in [0.2, 0.25) is 0 Å². The molecule has 0 fully saturated rings. The van der Waals surface area contributed by atoms with Gasteiger partial charge in [-0.3, -0.25) is 4.79 Å². The second kappa shape index (κ2) is 7.55. The number of aryl methyl sites for hydroxylation is 1. The predicted molar refractivity (Wildman–Crippen MR) is 91.2 cm³/mol. The third-order valence-electron chi connectivity index (χ3n) is 3.32. The highest BCUT2D eigenvalue weighted by Crippen LogP contribution is 2.36. The summed E-state index contributed by atoms with van der Waals surface area (Å²) in [5.74, 6) is 2.40. The first-order valence-corrected chi connectivity index (χ1v) is 8.13. The van der Waals surface area contributed by atoms with Crippen LogP contribution in [0.4, 0.5) is 0 Å². The van der Waals surface area contributed by atoms with Gasteiger partial charge in [0.15, 0.2) is 11.5 Å². The molecule has 1 heterocycles. The summed E-state index contributed by atoms with van der Waals surface area (Å²) in [7, 11) is 1.54. The molecule has 0 aliphatic heterocycles. The molecule has 0 aliphatic rings. The Labute approximate surface area is 144 Å². The average molecular weight is 382 g/mol. The first-order chi connectivity index (χ1) is 11.0. The number of methoxy groups -OCH3 is 1. The topological polar surface area (TPSA) is 60.7 Å². The number of rotatable bonds is 6. The van der Waals surface area contributed by atoms with Crippen LogP contribution < -0.4 is 14.8 Å². The molecule has 0 saturated carbocycles. The van der Waals surface area contributed by atoms with Crippen LogP contribution in [0.1, 0.15) is 41.8 Å². The third kappa shape index (κ3) is 4.07. The first-order valence-electron chi connectivity index (χ1n) is 7.33. The van der Waals surface area contributed by atoms with Crippen molar-refractivity contribution in [3.05, 3.63) is 45.8 Å². The molecule has 23 heavy (non-hydrogen) atoms. The Balaban J connectivity index is 2.20. The van der Waals surface area contributed by atoms with E-state index in [2.05, 4.69) is 21.2 Å². The van der Waals surface area contributed by atoms with Gasteiger partial charge in [-0.05, 0) is 61.0 Å². The molecule has 1 amide bonds. The van der Waals surface area contributed by atoms with Crippen LogP contribution in [0.3, 0.4) is 0 Å². The van der Waals surface area contributed by atoms with E-state index in [4.69, 9.17) is 13.9 Å². The van der Waals surface area contributed by atoms with Crippen molar-refractivity contribution >= 4 is 21.8 Å². The smallest absolute Gasteiger partial charge is 0.252 e. The van der Waals surface area contributed by atoms with Crippen LogP contribution in [0.15, 0.2) is 33.2 Å². The van der Waals surface area contributed by atoms with Gasteiger partial charge in [0.2, 0.25) is 0 Å². The molecule has 1 aromatic heterocycles. The Morgan fingerprint density at radius 1 is 1.39 bits per heavy atom. The van der Waals surface area contributed by atoms with Gasteiger partial charge in [-0.15, -0.1) is 0 Å². The van der Waals surface area contributed by atoms with Gasteiger partial charge in [0.25, 0.3) is 5.91 Å². The Hall–Kier alpha value is -1.95. The number of halogens is 1. The van der Waals surface area contributed by atoms with Crippen molar-refractivity contribution in [3.8, 4) is 11.5 Å². The number of carbonyl (C=O) groups excluding carboxylic acids is 1. The largest absolute Gasteiger partial charge is 0.493 e. The van der Waals surface area contributed by atoms with Gasteiger partial charge in [0.1, 0.15) is 11.5 Å². The molecular weight excluding hydrogens is 362 g/mol. The van der Waals surface area contributed by atoms with E-state index in [0.717, 1.165) is 5.76 Å². The summed E-state index contributed by atoms with van der Waals surface area (Å²) in [4.78, 5) is 12.5. The number of amides is 1. The predicted octanol–water partition coefficient (Wildman–Crippen LogP) is 4.25. The Bertz CT molecular complexity index is 696. The van der Waals surface area contributed by atoms with Gasteiger partial charge in [-0.1, -0.05) is 0 Å². The summed E-state index contributed by atoms with van der Waals surface area (Å²) >= 11 is 3.42. The van der Waals surface area contributed by atoms with Crippen molar-refractivity contribution in [1.29, 1.82) is 0 Å². The molecule has 1 unspecified atom stereocenters. The highest BCUT2D eigenvalue weighted by molar-refractivity contribution is 9.10. The molecule has 2 rings (SSSR count). The third-order valence-corrected chi connectivity index (χ3v) is 3.90. The number of furan rings is 1. The van der Waals surface area contributed by atoms with Gasteiger partial charge >= 0.3 is 0 Å². The van der Waals surface area contributed by atoms with E-state index in [1.54, 1.807) is 19.2 Å². The lowest BCUT2D eigenvalue weighted by atomic mass is 10.1. The van der Waals surface area contributed by atoms with Gasteiger partial charge in [-0.25, -0.2) is 0 Å². The van der Waals surface area contributed by atoms with Crippen molar-refractivity contribution in [2.45, 2.75) is 26.8 Å². The SMILES string of the molecule is CCOc1c(Br)cc(C(=O)NC(C)c2ccc(C)o2)cc1OC. The van der Waals surface area contributed by atoms with Crippen LogP contribution in [0.5, 0.6) is 11.5 Å². The standard InChI is InChI=1S/C17H20BrNO4/c1-5-22-16-13(18)8-12(9-15(16)21-4)17(20)19-11(3)14-7-6-10(2)23-14/h6-9,11H,5H2,1-4H3,(H,19,20). The van der Waals surface area contributed by atoms with E-state index in [1.165, 1.54) is 0 Å². The zero-order valence-electron chi connectivity index (χ0n) is 13.6. The molecular formula is C17H20BrNO4. The normalized spacial score (nSPS) is 11.9. The van der Waals surface area contributed by atoms with Crippen molar-refractivity contribution in [2.24, 2.45) is 0 Å². The van der Waals surface area contributed by atoms with E-state index in [1.807, 2.05) is 32.9 Å². The van der Waals surface area contributed by atoms with E-state index in [9.17, 15) is 4.79 Å². The van der Waals surface area contributed by atoms with Crippen LogP contribution in [-0.2, 0) is 0 Å². The fraction of sp³-hybridized carbons (Fsp3) is 0.353. The lowest BCUT2D eigenvalue weighted by Crippen LogP contribution is -2.26. The van der Waals surface area contributed by atoms with E-state index in [0.29, 0.717) is 33.9 Å². The van der Waals surface area contributed by atoms with Gasteiger partial charge in [0, 0.05) is 5.56 Å². The maximum Gasteiger partial charge on any atom is 0.252 e. The van der Waals surface area contributed by atoms with Gasteiger partial charge < -0.3 is 19.2 Å². The lowest BCUT2D eigenvalue weighted by molar-refractivity contribution is 0.0934. The molecule has 1 N–H and O–H groups in total. The summed E-state index contributed by atoms with van der Waals surface area (Å²) in [6, 6.07) is 6.87. The highest BCUT2D eigenvalue weighted by Gasteiger charge is 2.18. The summed E-state index contributed by atoms with van der Waals surface area (Å²) in [5, 5.41) is 2.91. The zero-order valence-corrected chi connectivity index (χ0v) is 15.2. The quantitative estimate of drug-likeness (QED) is 0.812. The number of hydrogen-bond donors (Lipinski definition) is 1. The fourth-order valence-corrected chi connectivity index (χ4v) is 2.73. The molecule has 0 aliphatic carbocycles. The first kappa shape index (κ1) is 17.4. The summed E-state index contributed by atoms with van der Waals surface area (Å²) in [6.45, 7) is 6.14. The molecule has 6 heteroatoms. The zero-order chi connectivity index (χ0) is 17.0. The van der Waals surface area contributed by atoms with E-state index < -0.39 is 0 Å². The maximum absolute atomic E-state index is 12.5. The monoisotopic (exact) mass is 381 g/mol. The lowest BCUT2D eigenvalue weighted by Gasteiger charge is -2.15. The molecule has 0 radical (unpaired) electrons. The van der Waals surface area contributed by atoms with Crippen LogP contribution in [0.25, 0.3) is 0 Å². The van der Waals surface area contributed by atoms with Crippen LogP contribution in [-0.4, -0.2) is 19.6 Å². The Morgan fingerprint density at radius 3 is 2.70 bits per heavy atom. The second-order valence-corrected chi connectivity index (χ2v) is 5.92. The maximum atomic E-state index is 12.5. The number of benzene rings is 1.